The molecular formula is C24H18BN. The second kappa shape index (κ2) is 6.23. The molecule has 2 aliphatic heterocycles. The van der Waals surface area contributed by atoms with Gasteiger partial charge >= 0.3 is 6.85 Å². The third kappa shape index (κ3) is 2.51. The lowest BCUT2D eigenvalue weighted by Crippen LogP contribution is -2.37. The van der Waals surface area contributed by atoms with Gasteiger partial charge in [0.2, 0.25) is 0 Å². The Hall–Kier alpha value is -3.26. The molecule has 0 spiro atoms. The van der Waals surface area contributed by atoms with E-state index in [-0.39, 0.29) is 6.85 Å². The Balaban J connectivity index is 1.65. The van der Waals surface area contributed by atoms with Gasteiger partial charge in [0.25, 0.3) is 0 Å². The summed E-state index contributed by atoms with van der Waals surface area (Å²) in [7, 11) is 0. The van der Waals surface area contributed by atoms with Gasteiger partial charge in [-0.05, 0) is 40.6 Å². The van der Waals surface area contributed by atoms with Crippen LogP contribution in [-0.2, 0) is 0 Å². The molecule has 0 unspecified atom stereocenters. The van der Waals surface area contributed by atoms with Gasteiger partial charge in [0, 0.05) is 11.3 Å². The fourth-order valence-electron chi connectivity index (χ4n) is 3.83. The molecule has 0 saturated heterocycles. The summed E-state index contributed by atoms with van der Waals surface area (Å²) < 4.78 is 0. The molecule has 0 aromatic heterocycles. The van der Waals surface area contributed by atoms with Crippen molar-refractivity contribution in [2.75, 3.05) is 4.81 Å². The van der Waals surface area contributed by atoms with Gasteiger partial charge in [0.15, 0.2) is 0 Å². The number of rotatable bonds is 2. The van der Waals surface area contributed by atoms with E-state index in [1.165, 1.54) is 33.5 Å². The molecule has 0 fully saturated rings. The van der Waals surface area contributed by atoms with Crippen molar-refractivity contribution in [2.24, 2.45) is 0 Å². The van der Waals surface area contributed by atoms with Crippen LogP contribution in [-0.4, -0.2) is 6.85 Å². The Morgan fingerprint density at radius 1 is 0.615 bits per heavy atom. The van der Waals surface area contributed by atoms with Crippen molar-refractivity contribution < 1.29 is 0 Å². The van der Waals surface area contributed by atoms with Gasteiger partial charge in [-0.2, -0.15) is 0 Å². The summed E-state index contributed by atoms with van der Waals surface area (Å²) in [5, 5.41) is 0. The van der Waals surface area contributed by atoms with E-state index in [1.54, 1.807) is 0 Å². The lowest BCUT2D eigenvalue weighted by molar-refractivity contribution is 1.34. The SMILES string of the molecule is C1=CN2B(C=C1c1ccccc1)C=C(c1ccccc1)c1ccccc12. The molecule has 0 amide bonds. The standard InChI is InChI=1S/C24H18BN/c1-3-9-19(10-4-1)21-15-16-26-24-14-8-7-13-22(24)23(18-25(26)17-21)20-11-5-2-6-12-20/h1-18H. The lowest BCUT2D eigenvalue weighted by Gasteiger charge is -2.35. The molecule has 3 aromatic carbocycles. The minimum Gasteiger partial charge on any atom is -0.383 e. The quantitative estimate of drug-likeness (QED) is 0.551. The van der Waals surface area contributed by atoms with Crippen LogP contribution in [0, 0.1) is 0 Å². The van der Waals surface area contributed by atoms with E-state index >= 15 is 0 Å². The van der Waals surface area contributed by atoms with Gasteiger partial charge in [-0.25, -0.2) is 0 Å². The smallest absolute Gasteiger partial charge is 0.313 e. The number of hydrogen-bond donors (Lipinski definition) is 0. The van der Waals surface area contributed by atoms with Crippen LogP contribution in [0.4, 0.5) is 5.69 Å². The van der Waals surface area contributed by atoms with Crippen molar-refractivity contribution in [2.45, 2.75) is 0 Å². The van der Waals surface area contributed by atoms with Crippen LogP contribution in [0.3, 0.4) is 0 Å². The molecule has 3 aromatic rings. The first-order valence-corrected chi connectivity index (χ1v) is 9.00. The summed E-state index contributed by atoms with van der Waals surface area (Å²) in [6, 6.07) is 29.9. The molecule has 0 aliphatic carbocycles. The molecule has 0 saturated carbocycles. The van der Waals surface area contributed by atoms with Gasteiger partial charge in [0.05, 0.1) is 0 Å². The Morgan fingerprint density at radius 3 is 2.04 bits per heavy atom. The van der Waals surface area contributed by atoms with E-state index in [9.17, 15) is 0 Å². The van der Waals surface area contributed by atoms with Crippen LogP contribution in [0.1, 0.15) is 16.7 Å². The molecule has 2 aliphatic rings. The van der Waals surface area contributed by atoms with Crippen LogP contribution in [0.25, 0.3) is 11.1 Å². The molecule has 2 heteroatoms. The summed E-state index contributed by atoms with van der Waals surface area (Å²) in [6.07, 6.45) is 4.42. The zero-order valence-corrected chi connectivity index (χ0v) is 14.4. The highest BCUT2D eigenvalue weighted by Crippen LogP contribution is 2.39. The van der Waals surface area contributed by atoms with E-state index in [0.717, 1.165) is 0 Å². The lowest BCUT2D eigenvalue weighted by atomic mass is 9.54. The average Bonchev–Trinajstić information content (AvgIpc) is 2.74. The molecule has 0 bridgehead atoms. The highest BCUT2D eigenvalue weighted by atomic mass is 15.1. The van der Waals surface area contributed by atoms with Crippen LogP contribution in [0.15, 0.2) is 109 Å². The first-order valence-electron chi connectivity index (χ1n) is 9.00. The maximum absolute atomic E-state index is 2.38. The summed E-state index contributed by atoms with van der Waals surface area (Å²) in [6.45, 7) is 0.223. The Morgan fingerprint density at radius 2 is 1.27 bits per heavy atom. The molecule has 26 heavy (non-hydrogen) atoms. The minimum atomic E-state index is 0.223. The van der Waals surface area contributed by atoms with Crippen LogP contribution >= 0.6 is 0 Å². The molecular weight excluding hydrogens is 313 g/mol. The monoisotopic (exact) mass is 331 g/mol. The van der Waals surface area contributed by atoms with Gasteiger partial charge in [0.1, 0.15) is 0 Å². The van der Waals surface area contributed by atoms with Crippen molar-refractivity contribution in [3.63, 3.8) is 0 Å². The summed E-state index contributed by atoms with van der Waals surface area (Å²) in [5.74, 6) is 4.73. The highest BCUT2D eigenvalue weighted by molar-refractivity contribution is 6.76. The Labute approximate surface area is 154 Å². The third-order valence-corrected chi connectivity index (χ3v) is 5.09. The molecule has 122 valence electrons. The summed E-state index contributed by atoms with van der Waals surface area (Å²) in [5.41, 5.74) is 7.66. The van der Waals surface area contributed by atoms with Crippen LogP contribution in [0.5, 0.6) is 0 Å². The summed E-state index contributed by atoms with van der Waals surface area (Å²) in [4.78, 5) is 2.36. The van der Waals surface area contributed by atoms with E-state index in [2.05, 4.69) is 114 Å². The van der Waals surface area contributed by atoms with E-state index in [0.29, 0.717) is 0 Å². The van der Waals surface area contributed by atoms with Crippen molar-refractivity contribution >= 4 is 23.7 Å². The first-order chi connectivity index (χ1) is 12.9. The second-order valence-corrected chi connectivity index (χ2v) is 6.67. The van der Waals surface area contributed by atoms with Crippen molar-refractivity contribution in [3.8, 4) is 0 Å². The molecule has 0 N–H and O–H groups in total. The first kappa shape index (κ1) is 15.0. The number of hydrogen-bond acceptors (Lipinski definition) is 1. The number of benzene rings is 3. The number of fused-ring (bicyclic) bond motifs is 3. The predicted octanol–water partition coefficient (Wildman–Crippen LogP) is 5.62. The molecule has 1 nitrogen and oxygen atoms in total. The Bertz CT molecular complexity index is 1030. The van der Waals surface area contributed by atoms with Gasteiger partial charge < -0.3 is 4.81 Å². The maximum Gasteiger partial charge on any atom is 0.313 e. The normalized spacial score (nSPS) is 15.1. The van der Waals surface area contributed by atoms with Gasteiger partial charge in [-0.15, -0.1) is 0 Å². The third-order valence-electron chi connectivity index (χ3n) is 5.09. The molecule has 2 heterocycles. The van der Waals surface area contributed by atoms with Gasteiger partial charge in [-0.3, -0.25) is 0 Å². The van der Waals surface area contributed by atoms with Crippen LogP contribution in [0.2, 0.25) is 0 Å². The summed E-state index contributed by atoms with van der Waals surface area (Å²) >= 11 is 0. The fraction of sp³-hybridized carbons (Fsp3) is 0. The molecule has 0 radical (unpaired) electrons. The molecule has 5 rings (SSSR count). The number of nitrogens with zero attached hydrogens (tertiary/aromatic N) is 1. The fourth-order valence-corrected chi connectivity index (χ4v) is 3.83. The largest absolute Gasteiger partial charge is 0.383 e. The molecule has 0 atom stereocenters. The second-order valence-electron chi connectivity index (χ2n) is 6.67. The number of para-hydroxylation sites is 1. The predicted molar refractivity (Wildman–Crippen MR) is 112 cm³/mol. The zero-order chi connectivity index (χ0) is 17.3. The van der Waals surface area contributed by atoms with Crippen molar-refractivity contribution in [3.05, 3.63) is 126 Å². The van der Waals surface area contributed by atoms with Crippen molar-refractivity contribution in [1.82, 2.24) is 0 Å². The van der Waals surface area contributed by atoms with E-state index < -0.39 is 0 Å². The van der Waals surface area contributed by atoms with Crippen molar-refractivity contribution in [1.29, 1.82) is 0 Å². The maximum atomic E-state index is 2.38. The van der Waals surface area contributed by atoms with E-state index in [1.807, 2.05) is 0 Å². The number of anilines is 1. The Kier molecular flexibility index (Phi) is 3.60. The van der Waals surface area contributed by atoms with Crippen LogP contribution < -0.4 is 4.81 Å². The van der Waals surface area contributed by atoms with E-state index in [4.69, 9.17) is 0 Å². The number of allylic oxidation sites excluding steroid dienone is 2. The highest BCUT2D eigenvalue weighted by Gasteiger charge is 2.29. The topological polar surface area (TPSA) is 3.24 Å². The van der Waals surface area contributed by atoms with Gasteiger partial charge in [-0.1, -0.05) is 90.8 Å². The average molecular weight is 331 g/mol. The zero-order valence-electron chi connectivity index (χ0n) is 14.4. The minimum absolute atomic E-state index is 0.223.